The number of aromatic carboxylic acids is 1. The highest BCUT2D eigenvalue weighted by atomic mass is 16.4. The predicted octanol–water partition coefficient (Wildman–Crippen LogP) is 2.19. The van der Waals surface area contributed by atoms with Crippen LogP contribution in [0.25, 0.3) is 5.69 Å². The lowest BCUT2D eigenvalue weighted by Gasteiger charge is -2.06. The minimum atomic E-state index is -0.962. The summed E-state index contributed by atoms with van der Waals surface area (Å²) in [5.74, 6) is -0.962. The topological polar surface area (TPSA) is 55.1 Å². The third kappa shape index (κ3) is 1.82. The molecule has 0 saturated carbocycles. The van der Waals surface area contributed by atoms with Crippen molar-refractivity contribution in [1.29, 1.82) is 0 Å². The van der Waals surface area contributed by atoms with Crippen molar-refractivity contribution < 1.29 is 9.90 Å². The number of carbonyl (C=O) groups is 1. The number of aryl methyl sites for hydroxylation is 2. The van der Waals surface area contributed by atoms with Crippen LogP contribution in [-0.4, -0.2) is 20.9 Å². The Bertz CT molecular complexity index is 544. The number of hydrogen-bond donors (Lipinski definition) is 1. The molecule has 16 heavy (non-hydrogen) atoms. The molecular weight excluding hydrogens is 204 g/mol. The molecule has 0 aliphatic heterocycles. The van der Waals surface area contributed by atoms with Gasteiger partial charge in [-0.15, -0.1) is 0 Å². The summed E-state index contributed by atoms with van der Waals surface area (Å²) >= 11 is 0. The molecule has 1 aromatic carbocycles. The lowest BCUT2D eigenvalue weighted by molar-refractivity contribution is 0.0697. The van der Waals surface area contributed by atoms with E-state index in [0.717, 1.165) is 11.3 Å². The van der Waals surface area contributed by atoms with E-state index in [1.165, 1.54) is 18.0 Å². The zero-order valence-corrected chi connectivity index (χ0v) is 9.14. The van der Waals surface area contributed by atoms with Gasteiger partial charge in [0.2, 0.25) is 0 Å². The fourth-order valence-corrected chi connectivity index (χ4v) is 1.63. The standard InChI is InChI=1S/C12H12N2O2/c1-8-3-4-11(9(2)5-8)14-7-10(6-13-14)12(15)16/h3-7H,1-2H3,(H,15,16). The second kappa shape index (κ2) is 3.81. The molecule has 0 aliphatic rings. The molecule has 82 valence electrons. The summed E-state index contributed by atoms with van der Waals surface area (Å²) < 4.78 is 1.58. The Balaban J connectivity index is 2.46. The van der Waals surface area contributed by atoms with Gasteiger partial charge in [-0.2, -0.15) is 5.10 Å². The summed E-state index contributed by atoms with van der Waals surface area (Å²) in [5.41, 5.74) is 3.34. The predicted molar refractivity (Wildman–Crippen MR) is 60.0 cm³/mol. The van der Waals surface area contributed by atoms with Crippen LogP contribution in [0.1, 0.15) is 21.5 Å². The molecule has 4 nitrogen and oxygen atoms in total. The SMILES string of the molecule is Cc1ccc(-n2cc(C(=O)O)cn2)c(C)c1. The molecule has 1 N–H and O–H groups in total. The van der Waals surface area contributed by atoms with E-state index in [1.54, 1.807) is 4.68 Å². The van der Waals surface area contributed by atoms with Crippen LogP contribution in [0.3, 0.4) is 0 Å². The highest BCUT2D eigenvalue weighted by Crippen LogP contribution is 2.15. The fraction of sp³-hybridized carbons (Fsp3) is 0.167. The Labute approximate surface area is 93.1 Å². The van der Waals surface area contributed by atoms with E-state index < -0.39 is 5.97 Å². The maximum Gasteiger partial charge on any atom is 0.338 e. The van der Waals surface area contributed by atoms with E-state index in [0.29, 0.717) is 0 Å². The summed E-state index contributed by atoms with van der Waals surface area (Å²) in [5, 5.41) is 12.8. The van der Waals surface area contributed by atoms with Crippen molar-refractivity contribution in [2.45, 2.75) is 13.8 Å². The van der Waals surface area contributed by atoms with Crippen LogP contribution in [0, 0.1) is 13.8 Å². The second-order valence-electron chi connectivity index (χ2n) is 3.77. The van der Waals surface area contributed by atoms with E-state index in [2.05, 4.69) is 5.10 Å². The molecule has 0 atom stereocenters. The van der Waals surface area contributed by atoms with Gasteiger partial charge in [-0.1, -0.05) is 17.7 Å². The van der Waals surface area contributed by atoms with Crippen molar-refractivity contribution in [3.8, 4) is 5.69 Å². The third-order valence-electron chi connectivity index (χ3n) is 2.43. The summed E-state index contributed by atoms with van der Waals surface area (Å²) in [6, 6.07) is 5.95. The molecular formula is C12H12N2O2. The van der Waals surface area contributed by atoms with Gasteiger partial charge in [-0.05, 0) is 25.5 Å². The number of hydrogen-bond acceptors (Lipinski definition) is 2. The molecule has 0 saturated heterocycles. The monoisotopic (exact) mass is 216 g/mol. The first-order valence-electron chi connectivity index (χ1n) is 4.93. The Morgan fingerprint density at radius 1 is 1.38 bits per heavy atom. The molecule has 4 heteroatoms. The van der Waals surface area contributed by atoms with Gasteiger partial charge in [0.05, 0.1) is 17.4 Å². The van der Waals surface area contributed by atoms with Gasteiger partial charge in [-0.25, -0.2) is 9.48 Å². The van der Waals surface area contributed by atoms with Crippen LogP contribution in [0.4, 0.5) is 0 Å². The van der Waals surface area contributed by atoms with Crippen molar-refractivity contribution in [3.63, 3.8) is 0 Å². The molecule has 2 aromatic rings. The number of nitrogens with zero attached hydrogens (tertiary/aromatic N) is 2. The average molecular weight is 216 g/mol. The molecule has 0 amide bonds. The van der Waals surface area contributed by atoms with Crippen molar-refractivity contribution in [2.75, 3.05) is 0 Å². The average Bonchev–Trinajstić information content (AvgIpc) is 2.66. The number of rotatable bonds is 2. The van der Waals surface area contributed by atoms with Crippen LogP contribution >= 0.6 is 0 Å². The van der Waals surface area contributed by atoms with Gasteiger partial charge in [0.25, 0.3) is 0 Å². The number of aromatic nitrogens is 2. The Morgan fingerprint density at radius 3 is 2.69 bits per heavy atom. The van der Waals surface area contributed by atoms with Gasteiger partial charge in [-0.3, -0.25) is 0 Å². The first kappa shape index (κ1) is 10.4. The van der Waals surface area contributed by atoms with Crippen LogP contribution in [0.15, 0.2) is 30.6 Å². The maximum atomic E-state index is 10.7. The highest BCUT2D eigenvalue weighted by molar-refractivity contribution is 5.87. The Hall–Kier alpha value is -2.10. The van der Waals surface area contributed by atoms with Crippen molar-refractivity contribution >= 4 is 5.97 Å². The number of benzene rings is 1. The Morgan fingerprint density at radius 2 is 2.12 bits per heavy atom. The maximum absolute atomic E-state index is 10.7. The van der Waals surface area contributed by atoms with E-state index in [4.69, 9.17) is 5.11 Å². The van der Waals surface area contributed by atoms with Gasteiger partial charge < -0.3 is 5.11 Å². The molecule has 0 aliphatic carbocycles. The van der Waals surface area contributed by atoms with Crippen molar-refractivity contribution in [3.05, 3.63) is 47.3 Å². The molecule has 2 rings (SSSR count). The van der Waals surface area contributed by atoms with Crippen LogP contribution < -0.4 is 0 Å². The summed E-state index contributed by atoms with van der Waals surface area (Å²) in [6.45, 7) is 3.99. The number of carboxylic acids is 1. The molecule has 1 aromatic heterocycles. The first-order chi connectivity index (χ1) is 7.58. The summed E-state index contributed by atoms with van der Waals surface area (Å²) in [6.07, 6.45) is 2.86. The first-order valence-corrected chi connectivity index (χ1v) is 4.93. The van der Waals surface area contributed by atoms with E-state index in [-0.39, 0.29) is 5.56 Å². The smallest absolute Gasteiger partial charge is 0.338 e. The molecule has 0 fully saturated rings. The zero-order valence-electron chi connectivity index (χ0n) is 9.14. The molecule has 0 radical (unpaired) electrons. The zero-order chi connectivity index (χ0) is 11.7. The van der Waals surface area contributed by atoms with Gasteiger partial charge in [0.15, 0.2) is 0 Å². The normalized spacial score (nSPS) is 10.4. The van der Waals surface area contributed by atoms with Crippen LogP contribution in [0.2, 0.25) is 0 Å². The molecule has 1 heterocycles. The van der Waals surface area contributed by atoms with Crippen molar-refractivity contribution in [2.24, 2.45) is 0 Å². The molecule has 0 spiro atoms. The molecule has 0 unspecified atom stereocenters. The highest BCUT2D eigenvalue weighted by Gasteiger charge is 2.08. The number of carboxylic acid groups (broad SMARTS) is 1. The second-order valence-corrected chi connectivity index (χ2v) is 3.77. The fourth-order valence-electron chi connectivity index (χ4n) is 1.63. The lowest BCUT2D eigenvalue weighted by Crippen LogP contribution is -1.98. The largest absolute Gasteiger partial charge is 0.478 e. The van der Waals surface area contributed by atoms with Crippen LogP contribution in [-0.2, 0) is 0 Å². The van der Waals surface area contributed by atoms with E-state index in [9.17, 15) is 4.79 Å². The van der Waals surface area contributed by atoms with Gasteiger partial charge in [0.1, 0.15) is 0 Å². The summed E-state index contributed by atoms with van der Waals surface area (Å²) in [4.78, 5) is 10.7. The van der Waals surface area contributed by atoms with E-state index in [1.807, 2.05) is 32.0 Å². The lowest BCUT2D eigenvalue weighted by atomic mass is 10.1. The van der Waals surface area contributed by atoms with Crippen molar-refractivity contribution in [1.82, 2.24) is 9.78 Å². The van der Waals surface area contributed by atoms with E-state index >= 15 is 0 Å². The minimum Gasteiger partial charge on any atom is -0.478 e. The minimum absolute atomic E-state index is 0.194. The third-order valence-corrected chi connectivity index (χ3v) is 2.43. The van der Waals surface area contributed by atoms with Gasteiger partial charge in [0, 0.05) is 6.20 Å². The Kier molecular flexibility index (Phi) is 2.48. The van der Waals surface area contributed by atoms with Crippen LogP contribution in [0.5, 0.6) is 0 Å². The quantitative estimate of drug-likeness (QED) is 0.837. The summed E-state index contributed by atoms with van der Waals surface area (Å²) in [7, 11) is 0. The van der Waals surface area contributed by atoms with Gasteiger partial charge >= 0.3 is 5.97 Å². The molecule has 0 bridgehead atoms.